The van der Waals surface area contributed by atoms with Crippen LogP contribution in [-0.4, -0.2) is 23.7 Å². The monoisotopic (exact) mass is 234 g/mol. The summed E-state index contributed by atoms with van der Waals surface area (Å²) in [4.78, 5) is 0. The maximum absolute atomic E-state index is 5.98. The lowest BCUT2D eigenvalue weighted by molar-refractivity contribution is -0.0196. The summed E-state index contributed by atoms with van der Waals surface area (Å²) >= 11 is 2.16. The van der Waals surface area contributed by atoms with Gasteiger partial charge in [-0.15, -0.1) is 0 Å². The van der Waals surface area contributed by atoms with Crippen LogP contribution in [0, 0.1) is 5.92 Å². The number of ether oxygens (including phenoxy) is 1. The molecule has 2 heteroatoms. The van der Waals surface area contributed by atoms with Crippen LogP contribution < -0.4 is 0 Å². The summed E-state index contributed by atoms with van der Waals surface area (Å²) in [5.74, 6) is 2.14. The van der Waals surface area contributed by atoms with E-state index >= 15 is 0 Å². The van der Waals surface area contributed by atoms with Gasteiger partial charge in [-0.05, 0) is 36.5 Å². The Labute approximate surface area is 102 Å². The van der Waals surface area contributed by atoms with Crippen LogP contribution in [0.1, 0.15) is 18.4 Å². The average molecular weight is 234 g/mol. The van der Waals surface area contributed by atoms with Crippen LogP contribution in [-0.2, 0) is 11.2 Å². The third-order valence-electron chi connectivity index (χ3n) is 3.75. The van der Waals surface area contributed by atoms with Crippen molar-refractivity contribution in [1.82, 2.24) is 0 Å². The largest absolute Gasteiger partial charge is 0.378 e. The minimum atomic E-state index is 0.469. The van der Waals surface area contributed by atoms with E-state index in [0.29, 0.717) is 6.10 Å². The van der Waals surface area contributed by atoms with E-state index in [-0.39, 0.29) is 0 Å². The number of rotatable bonds is 2. The second-order valence-electron chi connectivity index (χ2n) is 4.75. The van der Waals surface area contributed by atoms with Gasteiger partial charge in [-0.3, -0.25) is 0 Å². The quantitative estimate of drug-likeness (QED) is 0.777. The van der Waals surface area contributed by atoms with Crippen LogP contribution in [0.25, 0.3) is 0 Å². The Morgan fingerprint density at radius 1 is 1.19 bits per heavy atom. The molecule has 0 saturated carbocycles. The molecule has 0 radical (unpaired) electrons. The molecular formula is C14H18OS. The molecule has 2 heterocycles. The fourth-order valence-corrected chi connectivity index (χ4v) is 4.44. The molecule has 16 heavy (non-hydrogen) atoms. The molecule has 1 nitrogen and oxygen atoms in total. The van der Waals surface area contributed by atoms with E-state index in [1.54, 1.807) is 0 Å². The van der Waals surface area contributed by atoms with Crippen LogP contribution in [0.3, 0.4) is 0 Å². The predicted molar refractivity (Wildman–Crippen MR) is 68.9 cm³/mol. The second-order valence-corrected chi connectivity index (χ2v) is 6.10. The van der Waals surface area contributed by atoms with Gasteiger partial charge in [0.15, 0.2) is 0 Å². The molecule has 0 N–H and O–H groups in total. The lowest BCUT2D eigenvalue weighted by Gasteiger charge is -2.33. The first-order valence-electron chi connectivity index (χ1n) is 6.20. The summed E-state index contributed by atoms with van der Waals surface area (Å²) in [7, 11) is 0. The molecule has 0 bridgehead atoms. The van der Waals surface area contributed by atoms with E-state index in [2.05, 4.69) is 42.1 Å². The predicted octanol–water partition coefficient (Wildman–Crippen LogP) is 3.14. The number of benzene rings is 1. The van der Waals surface area contributed by atoms with E-state index < -0.39 is 0 Å². The molecular weight excluding hydrogens is 216 g/mol. The summed E-state index contributed by atoms with van der Waals surface area (Å²) in [5.41, 5.74) is 1.42. The standard InChI is InChI=1S/C14H18OS/c1-2-4-11(5-3-1)10-13-12-7-9-16-14(12)6-8-15-13/h1-5,12-14H,6-10H2/t12-,13?,14-/m0/s1. The molecule has 2 aliphatic rings. The van der Waals surface area contributed by atoms with Gasteiger partial charge in [-0.1, -0.05) is 30.3 Å². The molecule has 1 aromatic carbocycles. The molecule has 0 spiro atoms. The van der Waals surface area contributed by atoms with Gasteiger partial charge in [-0.2, -0.15) is 11.8 Å². The van der Waals surface area contributed by atoms with Crippen molar-refractivity contribution >= 4 is 11.8 Å². The lowest BCUT2D eigenvalue weighted by atomic mass is 9.88. The van der Waals surface area contributed by atoms with E-state index in [0.717, 1.165) is 24.2 Å². The van der Waals surface area contributed by atoms with Gasteiger partial charge in [0.2, 0.25) is 0 Å². The van der Waals surface area contributed by atoms with Crippen LogP contribution in [0.4, 0.5) is 0 Å². The van der Waals surface area contributed by atoms with Crippen molar-refractivity contribution in [3.63, 3.8) is 0 Å². The Bertz CT molecular complexity index is 338. The second kappa shape index (κ2) is 4.80. The number of hydrogen-bond acceptors (Lipinski definition) is 2. The zero-order valence-corrected chi connectivity index (χ0v) is 10.3. The fraction of sp³-hybridized carbons (Fsp3) is 0.571. The van der Waals surface area contributed by atoms with Gasteiger partial charge in [0.25, 0.3) is 0 Å². The van der Waals surface area contributed by atoms with Crippen molar-refractivity contribution in [2.45, 2.75) is 30.6 Å². The van der Waals surface area contributed by atoms with Crippen LogP contribution in [0.15, 0.2) is 30.3 Å². The van der Waals surface area contributed by atoms with Gasteiger partial charge < -0.3 is 4.74 Å². The van der Waals surface area contributed by atoms with Crippen molar-refractivity contribution < 1.29 is 4.74 Å². The van der Waals surface area contributed by atoms with Crippen LogP contribution >= 0.6 is 11.8 Å². The highest BCUT2D eigenvalue weighted by atomic mass is 32.2. The Balaban J connectivity index is 1.70. The minimum Gasteiger partial charge on any atom is -0.378 e. The Hall–Kier alpha value is -0.470. The van der Waals surface area contributed by atoms with Crippen LogP contribution in [0.5, 0.6) is 0 Å². The summed E-state index contributed by atoms with van der Waals surface area (Å²) < 4.78 is 5.98. The van der Waals surface area contributed by atoms with Crippen LogP contribution in [0.2, 0.25) is 0 Å². The third kappa shape index (κ3) is 2.14. The zero-order chi connectivity index (χ0) is 10.8. The first kappa shape index (κ1) is 10.7. The third-order valence-corrected chi connectivity index (χ3v) is 5.24. The topological polar surface area (TPSA) is 9.23 Å². The first-order chi connectivity index (χ1) is 7.93. The molecule has 1 unspecified atom stereocenters. The number of thioether (sulfide) groups is 1. The summed E-state index contributed by atoms with van der Waals surface area (Å²) in [5, 5.41) is 0.877. The Morgan fingerprint density at radius 2 is 2.06 bits per heavy atom. The minimum absolute atomic E-state index is 0.469. The first-order valence-corrected chi connectivity index (χ1v) is 7.25. The van der Waals surface area contributed by atoms with Crippen molar-refractivity contribution in [3.8, 4) is 0 Å². The highest BCUT2D eigenvalue weighted by Crippen LogP contribution is 2.41. The average Bonchev–Trinajstić information content (AvgIpc) is 2.80. The van der Waals surface area contributed by atoms with E-state index in [9.17, 15) is 0 Å². The molecule has 2 fully saturated rings. The van der Waals surface area contributed by atoms with Crippen molar-refractivity contribution in [3.05, 3.63) is 35.9 Å². The summed E-state index contributed by atoms with van der Waals surface area (Å²) in [6.07, 6.45) is 4.19. The molecule has 0 amide bonds. The fourth-order valence-electron chi connectivity index (χ4n) is 2.90. The zero-order valence-electron chi connectivity index (χ0n) is 9.47. The molecule has 86 valence electrons. The van der Waals surface area contributed by atoms with E-state index in [1.807, 2.05) is 0 Å². The van der Waals surface area contributed by atoms with Crippen molar-refractivity contribution in [1.29, 1.82) is 0 Å². The smallest absolute Gasteiger partial charge is 0.0654 e. The molecule has 2 saturated heterocycles. The van der Waals surface area contributed by atoms with Gasteiger partial charge >= 0.3 is 0 Å². The van der Waals surface area contributed by atoms with Gasteiger partial charge in [0.1, 0.15) is 0 Å². The van der Waals surface area contributed by atoms with Gasteiger partial charge in [0, 0.05) is 11.9 Å². The highest BCUT2D eigenvalue weighted by molar-refractivity contribution is 8.00. The SMILES string of the molecule is c1ccc(CC2OCC[C@@H]3SCC[C@@H]23)cc1. The van der Waals surface area contributed by atoms with Crippen molar-refractivity contribution in [2.75, 3.05) is 12.4 Å². The van der Waals surface area contributed by atoms with E-state index in [4.69, 9.17) is 4.74 Å². The molecule has 0 aromatic heterocycles. The molecule has 3 rings (SSSR count). The summed E-state index contributed by atoms with van der Waals surface area (Å²) in [6, 6.07) is 10.8. The lowest BCUT2D eigenvalue weighted by Crippen LogP contribution is -2.36. The summed E-state index contributed by atoms with van der Waals surface area (Å²) in [6.45, 7) is 0.964. The number of fused-ring (bicyclic) bond motifs is 1. The Kier molecular flexibility index (Phi) is 3.20. The van der Waals surface area contributed by atoms with Gasteiger partial charge in [0.05, 0.1) is 6.10 Å². The van der Waals surface area contributed by atoms with Gasteiger partial charge in [-0.25, -0.2) is 0 Å². The Morgan fingerprint density at radius 3 is 2.94 bits per heavy atom. The normalized spacial score (nSPS) is 33.6. The maximum atomic E-state index is 5.98. The van der Waals surface area contributed by atoms with E-state index in [1.165, 1.54) is 24.2 Å². The molecule has 2 aliphatic heterocycles. The molecule has 3 atom stereocenters. The highest BCUT2D eigenvalue weighted by Gasteiger charge is 2.37. The number of hydrogen-bond donors (Lipinski definition) is 0. The molecule has 0 aliphatic carbocycles. The molecule has 1 aromatic rings. The van der Waals surface area contributed by atoms with Crippen molar-refractivity contribution in [2.24, 2.45) is 5.92 Å². The maximum Gasteiger partial charge on any atom is 0.0654 e.